The van der Waals surface area contributed by atoms with E-state index in [9.17, 15) is 0 Å². The van der Waals surface area contributed by atoms with Crippen molar-refractivity contribution in [1.82, 2.24) is 5.32 Å². The van der Waals surface area contributed by atoms with Crippen LogP contribution in [-0.2, 0) is 0 Å². The van der Waals surface area contributed by atoms with Gasteiger partial charge >= 0.3 is 0 Å². The summed E-state index contributed by atoms with van der Waals surface area (Å²) in [5.74, 6) is 1.77. The van der Waals surface area contributed by atoms with Crippen LogP contribution in [0.3, 0.4) is 0 Å². The van der Waals surface area contributed by atoms with Crippen molar-refractivity contribution in [3.63, 3.8) is 0 Å². The quantitative estimate of drug-likeness (QED) is 0.860. The molecule has 1 heterocycles. The molecule has 1 aliphatic rings. The lowest BCUT2D eigenvalue weighted by Gasteiger charge is -2.43. The van der Waals surface area contributed by atoms with Crippen LogP contribution in [-0.4, -0.2) is 17.7 Å². The molecule has 0 saturated carbocycles. The van der Waals surface area contributed by atoms with Crippen molar-refractivity contribution >= 4 is 0 Å². The van der Waals surface area contributed by atoms with Gasteiger partial charge in [-0.05, 0) is 38.3 Å². The third-order valence-electron chi connectivity index (χ3n) is 4.43. The number of hydrogen-bond acceptors (Lipinski definition) is 2. The number of para-hydroxylation sites is 1. The van der Waals surface area contributed by atoms with Gasteiger partial charge in [0.1, 0.15) is 11.4 Å². The van der Waals surface area contributed by atoms with E-state index >= 15 is 0 Å². The summed E-state index contributed by atoms with van der Waals surface area (Å²) in [7, 11) is 0. The van der Waals surface area contributed by atoms with E-state index in [0.717, 1.165) is 24.5 Å². The average molecular weight is 275 g/mol. The van der Waals surface area contributed by atoms with E-state index < -0.39 is 0 Å². The predicted molar refractivity (Wildman–Crippen MR) is 85.2 cm³/mol. The summed E-state index contributed by atoms with van der Waals surface area (Å²) in [6.07, 6.45) is 4.66. The fraction of sp³-hybridized carbons (Fsp3) is 0.667. The normalized spacial score (nSPS) is 31.8. The first kappa shape index (κ1) is 15.4. The lowest BCUT2D eigenvalue weighted by Crippen LogP contribution is -2.54. The minimum atomic E-state index is -0.0514. The van der Waals surface area contributed by atoms with Gasteiger partial charge in [0.2, 0.25) is 0 Å². The zero-order chi connectivity index (χ0) is 14.6. The first-order chi connectivity index (χ1) is 9.50. The summed E-state index contributed by atoms with van der Waals surface area (Å²) in [6.45, 7) is 9.16. The van der Waals surface area contributed by atoms with Crippen LogP contribution in [0, 0.1) is 5.92 Å². The zero-order valence-corrected chi connectivity index (χ0v) is 13.4. The number of benzene rings is 1. The fourth-order valence-electron chi connectivity index (χ4n) is 3.43. The van der Waals surface area contributed by atoms with Gasteiger partial charge in [0, 0.05) is 24.9 Å². The SMILES string of the molecule is CC[C@H](C)CC1CC(C)(Oc2ccccc2)CC(C)N1. The third-order valence-corrected chi connectivity index (χ3v) is 4.43. The molecule has 1 aromatic rings. The molecule has 3 unspecified atom stereocenters. The van der Waals surface area contributed by atoms with Crippen LogP contribution >= 0.6 is 0 Å². The molecule has 0 amide bonds. The van der Waals surface area contributed by atoms with Crippen LogP contribution in [0.2, 0.25) is 0 Å². The number of nitrogens with one attached hydrogen (secondary N) is 1. The van der Waals surface area contributed by atoms with Gasteiger partial charge in [-0.15, -0.1) is 0 Å². The molecule has 0 aromatic heterocycles. The van der Waals surface area contributed by atoms with E-state index in [0.29, 0.717) is 12.1 Å². The van der Waals surface area contributed by atoms with Crippen molar-refractivity contribution in [2.24, 2.45) is 5.92 Å². The minimum Gasteiger partial charge on any atom is -0.487 e. The standard InChI is InChI=1S/C18H29NO/c1-5-14(2)11-16-13-18(4,12-15(3)19-16)20-17-9-7-6-8-10-17/h6-10,14-16,19H,5,11-13H2,1-4H3/t14-,15?,16?,18?/m0/s1. The second-order valence-corrected chi connectivity index (χ2v) is 6.79. The fourth-order valence-corrected chi connectivity index (χ4v) is 3.43. The van der Waals surface area contributed by atoms with Gasteiger partial charge < -0.3 is 10.1 Å². The Labute approximate surface area is 123 Å². The Morgan fingerprint density at radius 1 is 1.30 bits per heavy atom. The van der Waals surface area contributed by atoms with E-state index in [2.05, 4.69) is 45.1 Å². The molecular formula is C18H29NO. The molecule has 2 heteroatoms. The topological polar surface area (TPSA) is 21.3 Å². The monoisotopic (exact) mass is 275 g/mol. The van der Waals surface area contributed by atoms with Crippen molar-refractivity contribution in [1.29, 1.82) is 0 Å². The van der Waals surface area contributed by atoms with Gasteiger partial charge in [-0.2, -0.15) is 0 Å². The van der Waals surface area contributed by atoms with E-state index in [1.807, 2.05) is 18.2 Å². The second kappa shape index (κ2) is 6.62. The molecule has 4 atom stereocenters. The number of rotatable bonds is 5. The summed E-state index contributed by atoms with van der Waals surface area (Å²) in [5, 5.41) is 3.74. The van der Waals surface area contributed by atoms with Gasteiger partial charge in [0.05, 0.1) is 0 Å². The molecule has 1 N–H and O–H groups in total. The van der Waals surface area contributed by atoms with E-state index in [4.69, 9.17) is 4.74 Å². The van der Waals surface area contributed by atoms with E-state index in [-0.39, 0.29) is 5.60 Å². The first-order valence-corrected chi connectivity index (χ1v) is 8.01. The average Bonchev–Trinajstić information content (AvgIpc) is 2.38. The first-order valence-electron chi connectivity index (χ1n) is 8.01. The second-order valence-electron chi connectivity index (χ2n) is 6.79. The Hall–Kier alpha value is -1.02. The molecule has 1 saturated heterocycles. The van der Waals surface area contributed by atoms with Gasteiger partial charge in [0.25, 0.3) is 0 Å². The Kier molecular flexibility index (Phi) is 5.09. The van der Waals surface area contributed by atoms with Crippen LogP contribution < -0.4 is 10.1 Å². The van der Waals surface area contributed by atoms with Crippen LogP contribution in [0.4, 0.5) is 0 Å². The molecule has 1 aromatic carbocycles. The van der Waals surface area contributed by atoms with Crippen molar-refractivity contribution < 1.29 is 4.74 Å². The highest BCUT2D eigenvalue weighted by molar-refractivity contribution is 5.22. The highest BCUT2D eigenvalue weighted by Crippen LogP contribution is 2.32. The molecule has 0 bridgehead atoms. The predicted octanol–water partition coefficient (Wildman–Crippen LogP) is 4.40. The molecule has 2 rings (SSSR count). The smallest absolute Gasteiger partial charge is 0.120 e. The largest absolute Gasteiger partial charge is 0.487 e. The Bertz CT molecular complexity index is 405. The molecule has 0 radical (unpaired) electrons. The Morgan fingerprint density at radius 3 is 2.65 bits per heavy atom. The molecule has 0 spiro atoms. The number of hydrogen-bond donors (Lipinski definition) is 1. The molecular weight excluding hydrogens is 246 g/mol. The summed E-state index contributed by atoms with van der Waals surface area (Å²) in [5.41, 5.74) is -0.0514. The molecule has 112 valence electrons. The maximum atomic E-state index is 6.32. The summed E-state index contributed by atoms with van der Waals surface area (Å²) >= 11 is 0. The number of piperidine rings is 1. The molecule has 20 heavy (non-hydrogen) atoms. The van der Waals surface area contributed by atoms with Gasteiger partial charge in [-0.3, -0.25) is 0 Å². The minimum absolute atomic E-state index is 0.0514. The molecule has 2 nitrogen and oxygen atoms in total. The van der Waals surface area contributed by atoms with Crippen molar-refractivity contribution in [2.45, 2.75) is 71.1 Å². The van der Waals surface area contributed by atoms with Gasteiger partial charge in [-0.25, -0.2) is 0 Å². The van der Waals surface area contributed by atoms with E-state index in [1.165, 1.54) is 12.8 Å². The molecule has 1 aliphatic heterocycles. The highest BCUT2D eigenvalue weighted by atomic mass is 16.5. The van der Waals surface area contributed by atoms with E-state index in [1.54, 1.807) is 0 Å². The Balaban J connectivity index is 2.02. The van der Waals surface area contributed by atoms with Crippen molar-refractivity contribution in [3.8, 4) is 5.75 Å². The molecule has 1 fully saturated rings. The lowest BCUT2D eigenvalue weighted by molar-refractivity contribution is 0.0195. The van der Waals surface area contributed by atoms with Gasteiger partial charge in [0.15, 0.2) is 0 Å². The van der Waals surface area contributed by atoms with Crippen LogP contribution in [0.5, 0.6) is 5.75 Å². The van der Waals surface area contributed by atoms with Crippen LogP contribution in [0.15, 0.2) is 30.3 Å². The third kappa shape index (κ3) is 4.24. The van der Waals surface area contributed by atoms with Crippen LogP contribution in [0.25, 0.3) is 0 Å². The summed E-state index contributed by atoms with van der Waals surface area (Å²) in [6, 6.07) is 11.3. The molecule has 0 aliphatic carbocycles. The summed E-state index contributed by atoms with van der Waals surface area (Å²) in [4.78, 5) is 0. The Morgan fingerprint density at radius 2 is 2.00 bits per heavy atom. The highest BCUT2D eigenvalue weighted by Gasteiger charge is 2.37. The summed E-state index contributed by atoms with van der Waals surface area (Å²) < 4.78 is 6.32. The van der Waals surface area contributed by atoms with Crippen LogP contribution in [0.1, 0.15) is 53.4 Å². The number of ether oxygens (including phenoxy) is 1. The maximum Gasteiger partial charge on any atom is 0.120 e. The zero-order valence-electron chi connectivity index (χ0n) is 13.4. The maximum absolute atomic E-state index is 6.32. The van der Waals surface area contributed by atoms with Gasteiger partial charge in [-0.1, -0.05) is 38.5 Å². The van der Waals surface area contributed by atoms with Crippen molar-refractivity contribution in [3.05, 3.63) is 30.3 Å². The van der Waals surface area contributed by atoms with Crippen molar-refractivity contribution in [2.75, 3.05) is 0 Å². The lowest BCUT2D eigenvalue weighted by atomic mass is 9.82.